The van der Waals surface area contributed by atoms with Gasteiger partial charge < -0.3 is 21.1 Å². The van der Waals surface area contributed by atoms with Crippen molar-refractivity contribution in [2.45, 2.75) is 38.4 Å². The monoisotopic (exact) mass is 230 g/mol. The number of carboxylic acids is 1. The molecule has 0 bridgehead atoms. The van der Waals surface area contributed by atoms with Crippen LogP contribution in [0.2, 0.25) is 0 Å². The van der Waals surface area contributed by atoms with Gasteiger partial charge in [0.05, 0.1) is 6.42 Å². The molecule has 1 saturated heterocycles. The lowest BCUT2D eigenvalue weighted by Gasteiger charge is -2.27. The Balaban J connectivity index is 2.80. The van der Waals surface area contributed by atoms with Crippen LogP contribution in [0.15, 0.2) is 0 Å². The zero-order chi connectivity index (χ0) is 12.5. The number of nitrogens with zero attached hydrogens (tertiary/aromatic N) is 2. The Morgan fingerprint density at radius 2 is 2.06 bits per heavy atom. The Bertz CT molecular complexity index is 296. The summed E-state index contributed by atoms with van der Waals surface area (Å²) >= 11 is 0. The molecule has 1 amide bonds. The molecule has 92 valence electrons. The van der Waals surface area contributed by atoms with Gasteiger partial charge in [0, 0.05) is 18.8 Å². The second-order valence-corrected chi connectivity index (χ2v) is 4.08. The lowest BCUT2D eigenvalue weighted by atomic mass is 10.1. The zero-order valence-electron chi connectivity index (χ0n) is 9.29. The minimum atomic E-state index is -1.13. The van der Waals surface area contributed by atoms with E-state index in [1.807, 2.05) is 0 Å². The van der Waals surface area contributed by atoms with Gasteiger partial charge in [-0.3, -0.25) is 14.5 Å². The number of hydrogen-bond donors (Lipinski definition) is 2. The van der Waals surface area contributed by atoms with Crippen LogP contribution in [0.1, 0.15) is 20.3 Å². The second-order valence-electron chi connectivity index (χ2n) is 4.08. The van der Waals surface area contributed by atoms with Gasteiger partial charge in [-0.05, 0) is 13.8 Å². The fraction of sp³-hybridized carbons (Fsp3) is 0.778. The summed E-state index contributed by atoms with van der Waals surface area (Å²) in [4.78, 5) is 23.3. The van der Waals surface area contributed by atoms with E-state index >= 15 is 0 Å². The van der Waals surface area contributed by atoms with Crippen LogP contribution >= 0.6 is 0 Å². The standard InChI is InChI=1S/C9H16N3O4/c1-5-6(2)12(16)4-11(5)7(9(14)15)3-8(10)13/h5-7H,3-4H2,1-2H3,(H2,10,13)(H,14,15)/q-1/t5?,6?,7-/m0/s1. The number of carbonyl (C=O) groups excluding carboxylic acids is 1. The number of rotatable bonds is 4. The number of nitrogens with two attached hydrogens (primary N) is 1. The molecule has 0 radical (unpaired) electrons. The molecule has 1 rings (SSSR count). The number of hydrogen-bond acceptors (Lipinski definition) is 5. The number of hydroxylamine groups is 2. The highest BCUT2D eigenvalue weighted by Crippen LogP contribution is 2.23. The van der Waals surface area contributed by atoms with Crippen LogP contribution in [-0.2, 0) is 9.59 Å². The van der Waals surface area contributed by atoms with Crippen LogP contribution in [0.3, 0.4) is 0 Å². The third-order valence-corrected chi connectivity index (χ3v) is 3.06. The van der Waals surface area contributed by atoms with Gasteiger partial charge in [-0.2, -0.15) is 0 Å². The van der Waals surface area contributed by atoms with E-state index in [4.69, 9.17) is 10.8 Å². The minimum Gasteiger partial charge on any atom is -0.784 e. The van der Waals surface area contributed by atoms with Gasteiger partial charge in [0.25, 0.3) is 0 Å². The van der Waals surface area contributed by atoms with Gasteiger partial charge in [-0.25, -0.2) is 0 Å². The van der Waals surface area contributed by atoms with Crippen molar-refractivity contribution < 1.29 is 14.7 Å². The summed E-state index contributed by atoms with van der Waals surface area (Å²) in [5, 5.41) is 21.2. The van der Waals surface area contributed by atoms with E-state index in [1.54, 1.807) is 13.8 Å². The molecular formula is C9H16N3O4-. The van der Waals surface area contributed by atoms with Crippen molar-refractivity contribution in [1.82, 2.24) is 9.96 Å². The van der Waals surface area contributed by atoms with Gasteiger partial charge in [-0.1, -0.05) is 0 Å². The van der Waals surface area contributed by atoms with Crippen molar-refractivity contribution in [2.24, 2.45) is 5.73 Å². The average molecular weight is 230 g/mol. The molecule has 1 aliphatic heterocycles. The van der Waals surface area contributed by atoms with E-state index in [0.717, 1.165) is 5.06 Å². The summed E-state index contributed by atoms with van der Waals surface area (Å²) in [6, 6.07) is -1.51. The molecular weight excluding hydrogens is 214 g/mol. The van der Waals surface area contributed by atoms with E-state index < -0.39 is 17.9 Å². The molecule has 0 saturated carbocycles. The second kappa shape index (κ2) is 4.77. The van der Waals surface area contributed by atoms with Crippen LogP contribution < -0.4 is 5.73 Å². The quantitative estimate of drug-likeness (QED) is 0.652. The molecule has 3 N–H and O–H groups in total. The first-order chi connectivity index (χ1) is 7.34. The number of aliphatic carboxylic acids is 1. The number of carbonyl (C=O) groups is 2. The summed E-state index contributed by atoms with van der Waals surface area (Å²) < 4.78 is 0. The summed E-state index contributed by atoms with van der Waals surface area (Å²) in [6.07, 6.45) is -0.278. The van der Waals surface area contributed by atoms with Crippen molar-refractivity contribution in [3.05, 3.63) is 5.21 Å². The maximum Gasteiger partial charge on any atom is 0.321 e. The predicted octanol–water partition coefficient (Wildman–Crippen LogP) is -0.835. The average Bonchev–Trinajstić information content (AvgIpc) is 2.42. The molecule has 16 heavy (non-hydrogen) atoms. The summed E-state index contributed by atoms with van der Waals surface area (Å²) in [6.45, 7) is 3.48. The van der Waals surface area contributed by atoms with E-state index in [2.05, 4.69) is 0 Å². The zero-order valence-corrected chi connectivity index (χ0v) is 9.29. The Labute approximate surface area is 93.4 Å². The molecule has 0 aromatic heterocycles. The SMILES string of the molecule is CC1C(C)N([C@@H](CC(N)=O)C(=O)O)CN1[O-]. The third-order valence-electron chi connectivity index (χ3n) is 3.06. The molecule has 0 spiro atoms. The Morgan fingerprint density at radius 1 is 1.50 bits per heavy atom. The molecule has 2 unspecified atom stereocenters. The molecule has 0 aromatic rings. The maximum atomic E-state index is 11.4. The Kier molecular flexibility index (Phi) is 3.84. The highest BCUT2D eigenvalue weighted by atomic mass is 16.5. The lowest BCUT2D eigenvalue weighted by molar-refractivity contribution is -0.145. The number of carboxylic acid groups (broad SMARTS) is 1. The van der Waals surface area contributed by atoms with E-state index in [0.29, 0.717) is 0 Å². The van der Waals surface area contributed by atoms with Crippen LogP contribution in [0.4, 0.5) is 0 Å². The third kappa shape index (κ3) is 2.49. The summed E-state index contributed by atoms with van der Waals surface area (Å²) in [5.74, 6) is -1.82. The van der Waals surface area contributed by atoms with Crippen molar-refractivity contribution in [2.75, 3.05) is 6.67 Å². The van der Waals surface area contributed by atoms with Gasteiger partial charge in [0.1, 0.15) is 6.04 Å². The van der Waals surface area contributed by atoms with Crippen molar-refractivity contribution in [3.63, 3.8) is 0 Å². The highest BCUT2D eigenvalue weighted by molar-refractivity contribution is 5.83. The van der Waals surface area contributed by atoms with Crippen LogP contribution in [0, 0.1) is 5.21 Å². The van der Waals surface area contributed by atoms with E-state index in [9.17, 15) is 14.8 Å². The topological polar surface area (TPSA) is 110 Å². The maximum absolute atomic E-state index is 11.4. The molecule has 0 aliphatic carbocycles. The first-order valence-corrected chi connectivity index (χ1v) is 5.05. The fourth-order valence-electron chi connectivity index (χ4n) is 1.86. The van der Waals surface area contributed by atoms with Crippen LogP contribution in [0.25, 0.3) is 0 Å². The molecule has 1 aliphatic rings. The molecule has 0 aromatic carbocycles. The molecule has 3 atom stereocenters. The van der Waals surface area contributed by atoms with Crippen LogP contribution in [-0.4, -0.2) is 51.7 Å². The highest BCUT2D eigenvalue weighted by Gasteiger charge is 2.37. The predicted molar refractivity (Wildman–Crippen MR) is 56.1 cm³/mol. The molecule has 1 heterocycles. The van der Waals surface area contributed by atoms with E-state index in [1.165, 1.54) is 4.90 Å². The summed E-state index contributed by atoms with van der Waals surface area (Å²) in [7, 11) is 0. The Hall–Kier alpha value is -1.18. The number of amides is 1. The van der Waals surface area contributed by atoms with Crippen molar-refractivity contribution >= 4 is 11.9 Å². The minimum absolute atomic E-state index is 0.00736. The first-order valence-electron chi connectivity index (χ1n) is 5.05. The Morgan fingerprint density at radius 3 is 2.38 bits per heavy atom. The van der Waals surface area contributed by atoms with Gasteiger partial charge in [0.2, 0.25) is 5.91 Å². The molecule has 7 heteroatoms. The largest absolute Gasteiger partial charge is 0.784 e. The fourth-order valence-corrected chi connectivity index (χ4v) is 1.86. The molecule has 1 fully saturated rings. The van der Waals surface area contributed by atoms with Crippen LogP contribution in [0.5, 0.6) is 0 Å². The van der Waals surface area contributed by atoms with Crippen molar-refractivity contribution in [3.8, 4) is 0 Å². The normalized spacial score (nSPS) is 29.2. The van der Waals surface area contributed by atoms with Gasteiger partial charge in [0.15, 0.2) is 0 Å². The molecule has 7 nitrogen and oxygen atoms in total. The number of primary amides is 1. The van der Waals surface area contributed by atoms with Gasteiger partial charge >= 0.3 is 5.97 Å². The van der Waals surface area contributed by atoms with Gasteiger partial charge in [-0.15, -0.1) is 0 Å². The summed E-state index contributed by atoms with van der Waals surface area (Å²) in [5.41, 5.74) is 4.99. The van der Waals surface area contributed by atoms with E-state index in [-0.39, 0.29) is 25.2 Å². The lowest BCUT2D eigenvalue weighted by Crippen LogP contribution is -2.46. The first kappa shape index (κ1) is 12.9. The van der Waals surface area contributed by atoms with Crippen molar-refractivity contribution in [1.29, 1.82) is 0 Å². The smallest absolute Gasteiger partial charge is 0.321 e.